The number of hydrogen-bond donors (Lipinski definition) is 1. The van der Waals surface area contributed by atoms with Crippen LogP contribution in [0.4, 0.5) is 10.5 Å². The van der Waals surface area contributed by atoms with E-state index in [-0.39, 0.29) is 22.8 Å². The van der Waals surface area contributed by atoms with Gasteiger partial charge in [-0.1, -0.05) is 17.7 Å². The molecule has 2 heterocycles. The van der Waals surface area contributed by atoms with Crippen molar-refractivity contribution in [3.8, 4) is 11.6 Å². The predicted molar refractivity (Wildman–Crippen MR) is 115 cm³/mol. The highest BCUT2D eigenvalue weighted by Gasteiger charge is 2.31. The Kier molecular flexibility index (Phi) is 6.02. The van der Waals surface area contributed by atoms with Crippen LogP contribution in [0.2, 0.25) is 0 Å². The van der Waals surface area contributed by atoms with E-state index in [1.54, 1.807) is 6.92 Å². The standard InChI is InChI=1S/C22H25N5O4/c1-8-26(9-2)22(29)31-20-17(23-7)16(19-24-15(6)25-27(19)20)21(28)30-18-13(4)10-12(3)11-14(18)5/h10-11H,8-9H2,1-6H3,(H,24,25). The van der Waals surface area contributed by atoms with Crippen molar-refractivity contribution in [2.24, 2.45) is 0 Å². The van der Waals surface area contributed by atoms with E-state index in [0.717, 1.165) is 16.7 Å². The van der Waals surface area contributed by atoms with Gasteiger partial charge in [0.05, 0.1) is 6.57 Å². The van der Waals surface area contributed by atoms with Gasteiger partial charge in [0.25, 0.3) is 5.69 Å². The third-order valence-corrected chi connectivity index (χ3v) is 4.95. The molecule has 1 amide bonds. The molecule has 0 aliphatic heterocycles. The number of hydrogen-bond acceptors (Lipinski definition) is 5. The second-order valence-corrected chi connectivity index (χ2v) is 7.27. The van der Waals surface area contributed by atoms with Crippen LogP contribution in [0, 0.1) is 34.3 Å². The summed E-state index contributed by atoms with van der Waals surface area (Å²) in [6, 6.07) is 3.83. The number of benzene rings is 1. The molecule has 0 aliphatic carbocycles. The fraction of sp³-hybridized carbons (Fsp3) is 0.364. The van der Waals surface area contributed by atoms with E-state index in [1.165, 1.54) is 9.42 Å². The third-order valence-electron chi connectivity index (χ3n) is 4.95. The van der Waals surface area contributed by atoms with E-state index in [9.17, 15) is 9.59 Å². The summed E-state index contributed by atoms with van der Waals surface area (Å²) in [4.78, 5) is 34.9. The van der Waals surface area contributed by atoms with Crippen molar-refractivity contribution in [3.63, 3.8) is 0 Å². The highest BCUT2D eigenvalue weighted by Crippen LogP contribution is 2.38. The molecular weight excluding hydrogens is 398 g/mol. The average Bonchev–Trinajstić information content (AvgIpc) is 3.20. The van der Waals surface area contributed by atoms with Gasteiger partial charge in [-0.2, -0.15) is 0 Å². The summed E-state index contributed by atoms with van der Waals surface area (Å²) in [5.41, 5.74) is 2.64. The fourth-order valence-corrected chi connectivity index (χ4v) is 3.57. The molecule has 0 atom stereocenters. The maximum Gasteiger partial charge on any atom is 0.415 e. The topological polar surface area (TPSA) is 93.3 Å². The first-order valence-corrected chi connectivity index (χ1v) is 9.96. The first-order chi connectivity index (χ1) is 14.7. The van der Waals surface area contributed by atoms with Crippen molar-refractivity contribution in [3.05, 3.63) is 51.6 Å². The molecule has 3 aromatic rings. The monoisotopic (exact) mass is 423 g/mol. The van der Waals surface area contributed by atoms with Gasteiger partial charge in [0.2, 0.25) is 5.88 Å². The minimum absolute atomic E-state index is 0.0546. The van der Waals surface area contributed by atoms with Crippen LogP contribution in [0.1, 0.15) is 46.7 Å². The molecule has 1 N–H and O–H groups in total. The van der Waals surface area contributed by atoms with Crippen LogP contribution >= 0.6 is 0 Å². The normalized spacial score (nSPS) is 10.7. The van der Waals surface area contributed by atoms with Crippen LogP contribution in [-0.2, 0) is 0 Å². The van der Waals surface area contributed by atoms with Gasteiger partial charge in [-0.15, -0.1) is 0 Å². The van der Waals surface area contributed by atoms with Crippen LogP contribution < -0.4 is 9.47 Å². The Labute approximate surface area is 180 Å². The van der Waals surface area contributed by atoms with Crippen molar-refractivity contribution in [1.82, 2.24) is 19.5 Å². The Morgan fingerprint density at radius 3 is 2.29 bits per heavy atom. The van der Waals surface area contributed by atoms with Crippen molar-refractivity contribution in [2.75, 3.05) is 13.1 Å². The SMILES string of the molecule is [C-]#[N+]c1c(C(=O)Oc2c(C)cc(C)cc2C)c2nc(C)[nH]n2c1OC(=O)N(CC)CC. The van der Waals surface area contributed by atoms with Gasteiger partial charge in [0, 0.05) is 13.1 Å². The Morgan fingerprint density at radius 2 is 1.74 bits per heavy atom. The van der Waals surface area contributed by atoms with Gasteiger partial charge < -0.3 is 14.4 Å². The van der Waals surface area contributed by atoms with Crippen molar-refractivity contribution in [1.29, 1.82) is 0 Å². The zero-order valence-electron chi connectivity index (χ0n) is 18.5. The third kappa shape index (κ3) is 3.97. The Bertz CT molecular complexity index is 1190. The summed E-state index contributed by atoms with van der Waals surface area (Å²) in [5, 5.41) is 2.91. The number of fused-ring (bicyclic) bond motifs is 1. The lowest BCUT2D eigenvalue weighted by Gasteiger charge is -2.17. The quantitative estimate of drug-likeness (QED) is 0.370. The number of H-pyrrole nitrogens is 1. The number of aromatic nitrogens is 3. The Balaban J connectivity index is 2.10. The van der Waals surface area contributed by atoms with Crippen LogP contribution in [0.15, 0.2) is 12.1 Å². The zero-order chi connectivity index (χ0) is 22.9. The molecule has 0 saturated carbocycles. The molecule has 0 bridgehead atoms. The molecule has 31 heavy (non-hydrogen) atoms. The van der Waals surface area contributed by atoms with Gasteiger partial charge in [0.1, 0.15) is 17.1 Å². The molecule has 0 fully saturated rings. The van der Waals surface area contributed by atoms with E-state index in [0.29, 0.717) is 24.7 Å². The summed E-state index contributed by atoms with van der Waals surface area (Å²) in [6.07, 6.45) is -0.619. The molecule has 0 unspecified atom stereocenters. The maximum absolute atomic E-state index is 13.2. The molecule has 9 nitrogen and oxygen atoms in total. The van der Waals surface area contributed by atoms with Crippen LogP contribution in [0.5, 0.6) is 11.6 Å². The molecular formula is C22H25N5O4. The highest BCUT2D eigenvalue weighted by atomic mass is 16.6. The smallest absolute Gasteiger partial charge is 0.415 e. The predicted octanol–water partition coefficient (Wildman–Crippen LogP) is 4.51. The number of ether oxygens (including phenoxy) is 2. The number of aromatic amines is 1. The molecule has 0 aliphatic rings. The lowest BCUT2D eigenvalue weighted by atomic mass is 10.1. The van der Waals surface area contributed by atoms with Gasteiger partial charge in [-0.3, -0.25) is 5.10 Å². The maximum atomic E-state index is 13.2. The van der Waals surface area contributed by atoms with Gasteiger partial charge in [-0.05, 0) is 52.7 Å². The molecule has 3 rings (SSSR count). The highest BCUT2D eigenvalue weighted by molar-refractivity contribution is 6.06. The molecule has 0 radical (unpaired) electrons. The second kappa shape index (κ2) is 8.52. The summed E-state index contributed by atoms with van der Waals surface area (Å²) < 4.78 is 12.5. The van der Waals surface area contributed by atoms with E-state index in [1.807, 2.05) is 46.8 Å². The van der Waals surface area contributed by atoms with E-state index >= 15 is 0 Å². The van der Waals surface area contributed by atoms with Gasteiger partial charge in [0.15, 0.2) is 5.65 Å². The lowest BCUT2D eigenvalue weighted by molar-refractivity contribution is 0.0735. The van der Waals surface area contributed by atoms with Gasteiger partial charge >= 0.3 is 12.1 Å². The lowest BCUT2D eigenvalue weighted by Crippen LogP contribution is -2.33. The number of nitrogens with zero attached hydrogens (tertiary/aromatic N) is 4. The number of carbonyl (C=O) groups is 2. The Hall–Kier alpha value is -3.80. The number of nitrogens with one attached hydrogen (secondary N) is 1. The first-order valence-electron chi connectivity index (χ1n) is 9.96. The largest absolute Gasteiger partial charge is 0.423 e. The van der Waals surface area contributed by atoms with Crippen LogP contribution in [-0.4, -0.2) is 44.7 Å². The van der Waals surface area contributed by atoms with E-state index in [4.69, 9.17) is 16.0 Å². The Morgan fingerprint density at radius 1 is 1.13 bits per heavy atom. The average molecular weight is 423 g/mol. The zero-order valence-corrected chi connectivity index (χ0v) is 18.5. The second-order valence-electron chi connectivity index (χ2n) is 7.27. The number of esters is 1. The van der Waals surface area contributed by atoms with Crippen molar-refractivity contribution < 1.29 is 19.1 Å². The van der Waals surface area contributed by atoms with E-state index in [2.05, 4.69) is 14.9 Å². The number of rotatable bonds is 5. The van der Waals surface area contributed by atoms with Crippen molar-refractivity contribution >= 4 is 23.4 Å². The first kappa shape index (κ1) is 21.9. The summed E-state index contributed by atoms with van der Waals surface area (Å²) >= 11 is 0. The summed E-state index contributed by atoms with van der Waals surface area (Å²) in [5.74, 6) is 0.0882. The minimum atomic E-state index is -0.741. The fourth-order valence-electron chi connectivity index (χ4n) is 3.57. The molecule has 162 valence electrons. The molecule has 2 aromatic heterocycles. The molecule has 0 spiro atoms. The molecule has 0 saturated heterocycles. The van der Waals surface area contributed by atoms with Crippen LogP contribution in [0.3, 0.4) is 0 Å². The number of carbonyl (C=O) groups excluding carboxylic acids is 2. The minimum Gasteiger partial charge on any atom is -0.423 e. The van der Waals surface area contributed by atoms with E-state index < -0.39 is 12.1 Å². The summed E-state index contributed by atoms with van der Waals surface area (Å²) in [7, 11) is 0. The summed E-state index contributed by atoms with van der Waals surface area (Å²) in [6.45, 7) is 19.5. The molecule has 9 heteroatoms. The van der Waals surface area contributed by atoms with Gasteiger partial charge in [-0.25, -0.2) is 23.9 Å². The van der Waals surface area contributed by atoms with Crippen LogP contribution in [0.25, 0.3) is 10.5 Å². The molecule has 1 aromatic carbocycles. The number of aryl methyl sites for hydroxylation is 4. The number of amides is 1. The van der Waals surface area contributed by atoms with Crippen molar-refractivity contribution in [2.45, 2.75) is 41.5 Å².